The molecule has 0 saturated carbocycles. The van der Waals surface area contributed by atoms with Crippen molar-refractivity contribution < 1.29 is 9.90 Å². The smallest absolute Gasteiger partial charge is 0.413 e. The van der Waals surface area contributed by atoms with Crippen LogP contribution in [0.25, 0.3) is 0 Å². The second-order valence-electron chi connectivity index (χ2n) is 4.26. The number of aromatic nitrogens is 1. The molecule has 1 aromatic rings. The van der Waals surface area contributed by atoms with E-state index in [9.17, 15) is 4.79 Å². The predicted molar refractivity (Wildman–Crippen MR) is 64.5 cm³/mol. The van der Waals surface area contributed by atoms with Crippen molar-refractivity contribution >= 4 is 35.1 Å². The summed E-state index contributed by atoms with van der Waals surface area (Å²) in [5.41, 5.74) is -0.618. The van der Waals surface area contributed by atoms with Crippen molar-refractivity contribution in [3.63, 3.8) is 0 Å². The highest BCUT2D eigenvalue weighted by molar-refractivity contribution is 6.34. The molecular formula is C10H12Cl2N2O2. The van der Waals surface area contributed by atoms with E-state index in [1.807, 2.05) is 0 Å². The Morgan fingerprint density at radius 3 is 2.31 bits per heavy atom. The van der Waals surface area contributed by atoms with Crippen LogP contribution in [0.4, 0.5) is 10.6 Å². The first-order valence-corrected chi connectivity index (χ1v) is 5.33. The fourth-order valence-electron chi connectivity index (χ4n) is 1.30. The van der Waals surface area contributed by atoms with Gasteiger partial charge in [0.25, 0.3) is 0 Å². The van der Waals surface area contributed by atoms with Crippen molar-refractivity contribution in [3.05, 3.63) is 22.3 Å². The molecule has 0 fully saturated rings. The molecule has 0 radical (unpaired) electrons. The van der Waals surface area contributed by atoms with Gasteiger partial charge in [-0.15, -0.1) is 0 Å². The summed E-state index contributed by atoms with van der Waals surface area (Å²) in [4.78, 5) is 16.2. The Labute approximate surface area is 104 Å². The highest BCUT2D eigenvalue weighted by Gasteiger charge is 2.29. The van der Waals surface area contributed by atoms with Crippen molar-refractivity contribution in [1.29, 1.82) is 0 Å². The van der Waals surface area contributed by atoms with Gasteiger partial charge < -0.3 is 5.11 Å². The zero-order valence-corrected chi connectivity index (χ0v) is 10.7. The van der Waals surface area contributed by atoms with E-state index in [0.29, 0.717) is 5.02 Å². The van der Waals surface area contributed by atoms with Crippen LogP contribution in [-0.4, -0.2) is 21.7 Å². The minimum absolute atomic E-state index is 0.165. The van der Waals surface area contributed by atoms with Crippen molar-refractivity contribution in [2.75, 3.05) is 4.90 Å². The largest absolute Gasteiger partial charge is 0.465 e. The molecular weight excluding hydrogens is 251 g/mol. The topological polar surface area (TPSA) is 53.4 Å². The zero-order valence-electron chi connectivity index (χ0n) is 9.16. The number of carboxylic acid groups (broad SMARTS) is 1. The molecule has 0 aromatic carbocycles. The monoisotopic (exact) mass is 262 g/mol. The molecule has 1 aromatic heterocycles. The molecule has 0 aliphatic rings. The standard InChI is InChI=1S/C10H12Cl2N2O2/c1-10(2,3)14(9(15)16)8-5-6(11)4-7(12)13-8/h4-5H,1-3H3,(H,15,16). The highest BCUT2D eigenvalue weighted by atomic mass is 35.5. The van der Waals surface area contributed by atoms with E-state index in [1.54, 1.807) is 20.8 Å². The molecule has 16 heavy (non-hydrogen) atoms. The average molecular weight is 263 g/mol. The van der Waals surface area contributed by atoms with E-state index in [2.05, 4.69) is 4.98 Å². The van der Waals surface area contributed by atoms with Gasteiger partial charge in [-0.3, -0.25) is 4.90 Å². The second kappa shape index (κ2) is 4.47. The molecule has 1 amide bonds. The number of anilines is 1. The molecule has 1 heterocycles. The Morgan fingerprint density at radius 1 is 1.38 bits per heavy atom. The summed E-state index contributed by atoms with van der Waals surface area (Å²) in [6, 6.07) is 2.92. The van der Waals surface area contributed by atoms with Crippen LogP contribution in [0.2, 0.25) is 10.2 Å². The summed E-state index contributed by atoms with van der Waals surface area (Å²) in [5, 5.41) is 9.66. The fourth-order valence-corrected chi connectivity index (χ4v) is 1.76. The highest BCUT2D eigenvalue weighted by Crippen LogP contribution is 2.26. The third-order valence-corrected chi connectivity index (χ3v) is 2.25. The van der Waals surface area contributed by atoms with Crippen LogP contribution in [-0.2, 0) is 0 Å². The Morgan fingerprint density at radius 2 is 1.94 bits per heavy atom. The predicted octanol–water partition coefficient (Wildman–Crippen LogP) is 3.67. The fraction of sp³-hybridized carbons (Fsp3) is 0.400. The van der Waals surface area contributed by atoms with Crippen LogP contribution in [0.15, 0.2) is 12.1 Å². The zero-order chi connectivity index (χ0) is 12.5. The van der Waals surface area contributed by atoms with E-state index in [0.717, 1.165) is 4.90 Å². The molecule has 1 rings (SSSR count). The number of amides is 1. The lowest BCUT2D eigenvalue weighted by molar-refractivity contribution is 0.195. The lowest BCUT2D eigenvalue weighted by atomic mass is 10.1. The van der Waals surface area contributed by atoms with Gasteiger partial charge in [0.15, 0.2) is 0 Å². The number of carbonyl (C=O) groups is 1. The maximum atomic E-state index is 11.2. The number of hydrogen-bond donors (Lipinski definition) is 1. The summed E-state index contributed by atoms with van der Waals surface area (Å²) >= 11 is 11.5. The number of hydrogen-bond acceptors (Lipinski definition) is 2. The first-order chi connectivity index (χ1) is 7.21. The normalized spacial score (nSPS) is 11.3. The van der Waals surface area contributed by atoms with E-state index in [1.165, 1.54) is 12.1 Å². The summed E-state index contributed by atoms with van der Waals surface area (Å²) in [5.74, 6) is 0.220. The van der Waals surface area contributed by atoms with Gasteiger partial charge in [0.1, 0.15) is 11.0 Å². The molecule has 88 valence electrons. The van der Waals surface area contributed by atoms with Gasteiger partial charge in [-0.2, -0.15) is 0 Å². The van der Waals surface area contributed by atoms with E-state index in [4.69, 9.17) is 28.3 Å². The van der Waals surface area contributed by atoms with Crippen LogP contribution in [0.3, 0.4) is 0 Å². The van der Waals surface area contributed by atoms with E-state index >= 15 is 0 Å². The van der Waals surface area contributed by atoms with Gasteiger partial charge in [0.2, 0.25) is 0 Å². The van der Waals surface area contributed by atoms with Gasteiger partial charge in [-0.05, 0) is 32.9 Å². The Hall–Kier alpha value is -1.00. The molecule has 0 atom stereocenters. The molecule has 0 aliphatic heterocycles. The first kappa shape index (κ1) is 13.1. The van der Waals surface area contributed by atoms with Gasteiger partial charge in [0.05, 0.1) is 0 Å². The molecule has 0 unspecified atom stereocenters. The number of nitrogens with zero attached hydrogens (tertiary/aromatic N) is 2. The van der Waals surface area contributed by atoms with Gasteiger partial charge >= 0.3 is 6.09 Å². The lowest BCUT2D eigenvalue weighted by Gasteiger charge is -2.32. The van der Waals surface area contributed by atoms with Crippen LogP contribution < -0.4 is 4.90 Å². The lowest BCUT2D eigenvalue weighted by Crippen LogP contribution is -2.45. The Kier molecular flexibility index (Phi) is 3.65. The molecule has 0 bridgehead atoms. The Bertz CT molecular complexity index is 396. The van der Waals surface area contributed by atoms with Crippen molar-refractivity contribution in [2.45, 2.75) is 26.3 Å². The number of halogens is 2. The molecule has 0 aliphatic carbocycles. The number of pyridine rings is 1. The third kappa shape index (κ3) is 3.00. The van der Waals surface area contributed by atoms with Crippen molar-refractivity contribution in [1.82, 2.24) is 4.98 Å². The van der Waals surface area contributed by atoms with Crippen LogP contribution in [0.1, 0.15) is 20.8 Å². The van der Waals surface area contributed by atoms with E-state index < -0.39 is 11.6 Å². The second-order valence-corrected chi connectivity index (χ2v) is 5.08. The van der Waals surface area contributed by atoms with Crippen LogP contribution >= 0.6 is 23.2 Å². The number of rotatable bonds is 1. The minimum atomic E-state index is -1.10. The van der Waals surface area contributed by atoms with Crippen molar-refractivity contribution in [3.8, 4) is 0 Å². The average Bonchev–Trinajstić information content (AvgIpc) is 1.96. The minimum Gasteiger partial charge on any atom is -0.465 e. The summed E-state index contributed by atoms with van der Waals surface area (Å²) < 4.78 is 0. The Balaban J connectivity index is 3.27. The van der Waals surface area contributed by atoms with Crippen LogP contribution in [0.5, 0.6) is 0 Å². The molecule has 0 saturated heterocycles. The quantitative estimate of drug-likeness (QED) is 0.786. The van der Waals surface area contributed by atoms with E-state index in [-0.39, 0.29) is 11.0 Å². The van der Waals surface area contributed by atoms with Gasteiger partial charge in [-0.25, -0.2) is 9.78 Å². The molecule has 1 N–H and O–H groups in total. The maximum Gasteiger partial charge on any atom is 0.413 e. The summed E-state index contributed by atoms with van der Waals surface area (Å²) in [6.45, 7) is 5.28. The molecule has 0 spiro atoms. The summed E-state index contributed by atoms with van der Waals surface area (Å²) in [7, 11) is 0. The third-order valence-electron chi connectivity index (χ3n) is 1.84. The van der Waals surface area contributed by atoms with Gasteiger partial charge in [-0.1, -0.05) is 23.2 Å². The maximum absolute atomic E-state index is 11.2. The first-order valence-electron chi connectivity index (χ1n) is 4.58. The SMILES string of the molecule is CC(C)(C)N(C(=O)O)c1cc(Cl)cc(Cl)n1. The molecule has 6 heteroatoms. The van der Waals surface area contributed by atoms with Crippen LogP contribution in [0, 0.1) is 0 Å². The molecule has 4 nitrogen and oxygen atoms in total. The van der Waals surface area contributed by atoms with Gasteiger partial charge in [0, 0.05) is 10.6 Å². The van der Waals surface area contributed by atoms with Crippen molar-refractivity contribution in [2.24, 2.45) is 0 Å². The summed E-state index contributed by atoms with van der Waals surface area (Å²) in [6.07, 6.45) is -1.10.